The third-order valence-corrected chi connectivity index (χ3v) is 1.99. The summed E-state index contributed by atoms with van der Waals surface area (Å²) in [5.41, 5.74) is 0.642. The molecule has 0 saturated heterocycles. The Hall–Kier alpha value is -1.27. The van der Waals surface area contributed by atoms with Crippen molar-refractivity contribution in [3.63, 3.8) is 0 Å². The Bertz CT molecular complexity index is 307. The molecule has 1 aromatic rings. The standard InChI is InChI=1S/C9H10N2O/c10-5-7-3-4-12-9(7)6-11-8-1-2-8/h3-4,8,11H,1-2,6H2. The van der Waals surface area contributed by atoms with Crippen LogP contribution in [0.15, 0.2) is 16.7 Å². The SMILES string of the molecule is N#Cc1ccoc1CNC1CC1. The van der Waals surface area contributed by atoms with Crippen molar-refractivity contribution in [1.82, 2.24) is 5.32 Å². The molecular weight excluding hydrogens is 152 g/mol. The van der Waals surface area contributed by atoms with Gasteiger partial charge in [-0.05, 0) is 18.9 Å². The third kappa shape index (κ3) is 1.49. The van der Waals surface area contributed by atoms with Gasteiger partial charge in [0.05, 0.1) is 18.4 Å². The first-order valence-electron chi connectivity index (χ1n) is 4.10. The largest absolute Gasteiger partial charge is 0.467 e. The molecule has 62 valence electrons. The number of hydrogen-bond donors (Lipinski definition) is 1. The average Bonchev–Trinajstić information content (AvgIpc) is 2.81. The highest BCUT2D eigenvalue weighted by Crippen LogP contribution is 2.20. The van der Waals surface area contributed by atoms with Crippen LogP contribution < -0.4 is 5.32 Å². The third-order valence-electron chi connectivity index (χ3n) is 1.99. The van der Waals surface area contributed by atoms with Crippen LogP contribution in [0.4, 0.5) is 0 Å². The van der Waals surface area contributed by atoms with Crippen LogP contribution in [0.25, 0.3) is 0 Å². The fourth-order valence-electron chi connectivity index (χ4n) is 1.10. The lowest BCUT2D eigenvalue weighted by Gasteiger charge is -1.98. The zero-order valence-electron chi connectivity index (χ0n) is 6.71. The predicted octanol–water partition coefficient (Wildman–Crippen LogP) is 1.40. The number of nitrogens with one attached hydrogen (secondary N) is 1. The first kappa shape index (κ1) is 7.38. The molecule has 0 spiro atoms. The minimum absolute atomic E-state index is 0.642. The van der Waals surface area contributed by atoms with Crippen molar-refractivity contribution in [1.29, 1.82) is 5.26 Å². The van der Waals surface area contributed by atoms with Gasteiger partial charge in [0.1, 0.15) is 11.8 Å². The molecule has 1 aromatic heterocycles. The maximum atomic E-state index is 8.65. The molecular formula is C9H10N2O. The summed E-state index contributed by atoms with van der Waals surface area (Å²) in [5.74, 6) is 0.754. The molecule has 1 N–H and O–H groups in total. The number of nitriles is 1. The Kier molecular flexibility index (Phi) is 1.84. The molecule has 1 aliphatic carbocycles. The first-order valence-corrected chi connectivity index (χ1v) is 4.10. The van der Waals surface area contributed by atoms with Crippen molar-refractivity contribution in [2.45, 2.75) is 25.4 Å². The molecule has 0 aliphatic heterocycles. The number of hydrogen-bond acceptors (Lipinski definition) is 3. The summed E-state index contributed by atoms with van der Waals surface area (Å²) in [4.78, 5) is 0. The van der Waals surface area contributed by atoms with Gasteiger partial charge in [0, 0.05) is 6.04 Å². The van der Waals surface area contributed by atoms with Crippen LogP contribution in [0.1, 0.15) is 24.2 Å². The van der Waals surface area contributed by atoms with Crippen LogP contribution >= 0.6 is 0 Å². The predicted molar refractivity (Wildman–Crippen MR) is 43.3 cm³/mol. The molecule has 1 heterocycles. The van der Waals surface area contributed by atoms with E-state index in [2.05, 4.69) is 11.4 Å². The van der Waals surface area contributed by atoms with Crippen LogP contribution in [-0.2, 0) is 6.54 Å². The van der Waals surface area contributed by atoms with E-state index >= 15 is 0 Å². The van der Waals surface area contributed by atoms with E-state index in [1.807, 2.05) is 0 Å². The van der Waals surface area contributed by atoms with Gasteiger partial charge in [-0.2, -0.15) is 5.26 Å². The summed E-state index contributed by atoms with van der Waals surface area (Å²) >= 11 is 0. The molecule has 0 aromatic carbocycles. The number of furan rings is 1. The fraction of sp³-hybridized carbons (Fsp3) is 0.444. The normalized spacial score (nSPS) is 15.9. The Morgan fingerprint density at radius 2 is 2.50 bits per heavy atom. The Morgan fingerprint density at radius 1 is 1.67 bits per heavy atom. The van der Waals surface area contributed by atoms with Gasteiger partial charge in [-0.15, -0.1) is 0 Å². The molecule has 1 aliphatic rings. The van der Waals surface area contributed by atoms with Crippen molar-refractivity contribution >= 4 is 0 Å². The summed E-state index contributed by atoms with van der Waals surface area (Å²) in [5, 5.41) is 11.9. The molecule has 0 amide bonds. The number of rotatable bonds is 3. The van der Waals surface area contributed by atoms with Crippen molar-refractivity contribution in [2.75, 3.05) is 0 Å². The second kappa shape index (κ2) is 3.00. The van der Waals surface area contributed by atoms with Crippen LogP contribution in [0, 0.1) is 11.3 Å². The smallest absolute Gasteiger partial charge is 0.135 e. The highest BCUT2D eigenvalue weighted by molar-refractivity contribution is 5.30. The van der Waals surface area contributed by atoms with E-state index in [4.69, 9.17) is 9.68 Å². The van der Waals surface area contributed by atoms with Gasteiger partial charge < -0.3 is 9.73 Å². The van der Waals surface area contributed by atoms with Gasteiger partial charge in [-0.25, -0.2) is 0 Å². The molecule has 3 heteroatoms. The van der Waals surface area contributed by atoms with Crippen LogP contribution in [-0.4, -0.2) is 6.04 Å². The second-order valence-corrected chi connectivity index (χ2v) is 3.02. The van der Waals surface area contributed by atoms with E-state index in [0.29, 0.717) is 18.2 Å². The fourth-order valence-corrected chi connectivity index (χ4v) is 1.10. The summed E-state index contributed by atoms with van der Waals surface area (Å²) in [6.45, 7) is 0.681. The van der Waals surface area contributed by atoms with Crippen LogP contribution in [0.5, 0.6) is 0 Å². The monoisotopic (exact) mass is 162 g/mol. The molecule has 12 heavy (non-hydrogen) atoms. The summed E-state index contributed by atoms with van der Waals surface area (Å²) in [6.07, 6.45) is 4.06. The minimum atomic E-state index is 0.642. The van der Waals surface area contributed by atoms with Gasteiger partial charge in [-0.1, -0.05) is 0 Å². The lowest BCUT2D eigenvalue weighted by molar-refractivity contribution is 0.481. The van der Waals surface area contributed by atoms with E-state index < -0.39 is 0 Å². The Balaban J connectivity index is 1.97. The number of nitrogens with zero attached hydrogens (tertiary/aromatic N) is 1. The van der Waals surface area contributed by atoms with Crippen LogP contribution in [0.3, 0.4) is 0 Å². The second-order valence-electron chi connectivity index (χ2n) is 3.02. The molecule has 0 unspecified atom stereocenters. The van der Waals surface area contributed by atoms with Crippen LogP contribution in [0.2, 0.25) is 0 Å². The molecule has 1 saturated carbocycles. The maximum absolute atomic E-state index is 8.65. The molecule has 0 atom stereocenters. The first-order chi connectivity index (χ1) is 5.90. The molecule has 3 nitrogen and oxygen atoms in total. The zero-order chi connectivity index (χ0) is 8.39. The van der Waals surface area contributed by atoms with E-state index in [1.165, 1.54) is 12.8 Å². The summed E-state index contributed by atoms with van der Waals surface area (Å²) < 4.78 is 5.15. The molecule has 1 fully saturated rings. The molecule has 0 bridgehead atoms. The highest BCUT2D eigenvalue weighted by Gasteiger charge is 2.21. The highest BCUT2D eigenvalue weighted by atomic mass is 16.3. The maximum Gasteiger partial charge on any atom is 0.135 e. The van der Waals surface area contributed by atoms with Crippen molar-refractivity contribution in [3.8, 4) is 6.07 Å². The molecule has 0 radical (unpaired) electrons. The lowest BCUT2D eigenvalue weighted by Crippen LogP contribution is -2.15. The van der Waals surface area contributed by atoms with E-state index in [-0.39, 0.29) is 0 Å². The average molecular weight is 162 g/mol. The van der Waals surface area contributed by atoms with Gasteiger partial charge >= 0.3 is 0 Å². The summed E-state index contributed by atoms with van der Waals surface area (Å²) in [7, 11) is 0. The minimum Gasteiger partial charge on any atom is -0.467 e. The van der Waals surface area contributed by atoms with E-state index in [1.54, 1.807) is 12.3 Å². The Labute approximate surface area is 71.0 Å². The van der Waals surface area contributed by atoms with Crippen molar-refractivity contribution < 1.29 is 4.42 Å². The quantitative estimate of drug-likeness (QED) is 0.730. The lowest BCUT2D eigenvalue weighted by atomic mass is 10.3. The molecule has 2 rings (SSSR count). The topological polar surface area (TPSA) is 49.0 Å². The zero-order valence-corrected chi connectivity index (χ0v) is 6.71. The van der Waals surface area contributed by atoms with Gasteiger partial charge in [0.25, 0.3) is 0 Å². The summed E-state index contributed by atoms with van der Waals surface area (Å²) in [6, 6.07) is 4.44. The van der Waals surface area contributed by atoms with Gasteiger partial charge in [-0.3, -0.25) is 0 Å². The van der Waals surface area contributed by atoms with E-state index in [0.717, 1.165) is 5.76 Å². The van der Waals surface area contributed by atoms with Gasteiger partial charge in [0.15, 0.2) is 0 Å². The van der Waals surface area contributed by atoms with E-state index in [9.17, 15) is 0 Å². The van der Waals surface area contributed by atoms with Gasteiger partial charge in [0.2, 0.25) is 0 Å². The van der Waals surface area contributed by atoms with Crippen molar-refractivity contribution in [3.05, 3.63) is 23.7 Å². The Morgan fingerprint density at radius 3 is 3.17 bits per heavy atom. The van der Waals surface area contributed by atoms with Crippen molar-refractivity contribution in [2.24, 2.45) is 0 Å².